The van der Waals surface area contributed by atoms with Crippen LogP contribution in [0.2, 0.25) is 0 Å². The Morgan fingerprint density at radius 3 is 2.84 bits per heavy atom. The second-order valence-electron chi connectivity index (χ2n) is 11.2. The van der Waals surface area contributed by atoms with Crippen LogP contribution in [0.25, 0.3) is 11.3 Å². The molecule has 5 aliphatic rings. The molecule has 37 heavy (non-hydrogen) atoms. The summed E-state index contributed by atoms with van der Waals surface area (Å²) in [6.07, 6.45) is 8.27. The fourth-order valence-corrected chi connectivity index (χ4v) is 7.99. The van der Waals surface area contributed by atoms with Crippen molar-refractivity contribution in [3.8, 4) is 11.3 Å². The normalized spacial score (nSPS) is 31.7. The molecule has 3 aromatic rings. The summed E-state index contributed by atoms with van der Waals surface area (Å²) in [5, 5.41) is 21.3. The second kappa shape index (κ2) is 8.25. The number of benzene rings is 1. The molecule has 2 aromatic heterocycles. The number of rotatable bonds is 6. The van der Waals surface area contributed by atoms with Crippen molar-refractivity contribution in [2.75, 3.05) is 11.1 Å². The molecule has 12 heteroatoms. The molecule has 4 fully saturated rings. The summed E-state index contributed by atoms with van der Waals surface area (Å²) in [4.78, 5) is 16.6. The molecule has 4 saturated carbocycles. The molecule has 1 aliphatic heterocycles. The number of aromatic nitrogens is 4. The van der Waals surface area contributed by atoms with Gasteiger partial charge in [-0.3, -0.25) is 10.7 Å². The molecule has 11 nitrogen and oxygen atoms in total. The summed E-state index contributed by atoms with van der Waals surface area (Å²) in [5.74, 6) is 1.05. The number of halogens is 1. The second-order valence-corrected chi connectivity index (χ2v) is 11.2. The Morgan fingerprint density at radius 1 is 1.27 bits per heavy atom. The molecular formula is C25H29FN8O3. The molecule has 0 saturated heterocycles. The highest BCUT2D eigenvalue weighted by atomic mass is 19.1. The van der Waals surface area contributed by atoms with E-state index in [9.17, 15) is 14.3 Å². The highest BCUT2D eigenvalue weighted by Crippen LogP contribution is 2.62. The molecule has 4 atom stereocenters. The van der Waals surface area contributed by atoms with Gasteiger partial charge in [-0.1, -0.05) is 12.1 Å². The lowest BCUT2D eigenvalue weighted by Crippen LogP contribution is -2.63. The number of imidazole rings is 1. The average Bonchev–Trinajstić information content (AvgIpc) is 3.57. The number of anilines is 2. The highest BCUT2D eigenvalue weighted by molar-refractivity contribution is 5.89. The number of carbonyl (C=O) groups excluding carboxylic acids is 1. The molecule has 6 N–H and O–H groups in total. The first-order valence-corrected chi connectivity index (χ1v) is 12.8. The lowest BCUT2D eigenvalue weighted by molar-refractivity contribution is -0.139. The van der Waals surface area contributed by atoms with Gasteiger partial charge in [0.2, 0.25) is 11.6 Å². The number of carbonyl (C=O) groups is 1. The largest absolute Gasteiger partial charge is 0.392 e. The minimum atomic E-state index is -0.564. The van der Waals surface area contributed by atoms with E-state index in [0.29, 0.717) is 29.7 Å². The molecule has 0 radical (unpaired) electrons. The maximum absolute atomic E-state index is 15.0. The summed E-state index contributed by atoms with van der Waals surface area (Å²) in [5.41, 5.74) is 13.8. The van der Waals surface area contributed by atoms with Crippen molar-refractivity contribution in [3.63, 3.8) is 0 Å². The van der Waals surface area contributed by atoms with Crippen LogP contribution < -0.4 is 21.9 Å². The molecule has 1 aromatic carbocycles. The third-order valence-electron chi connectivity index (χ3n) is 9.24. The van der Waals surface area contributed by atoms with Gasteiger partial charge in [-0.15, -0.1) is 0 Å². The van der Waals surface area contributed by atoms with Crippen molar-refractivity contribution in [1.82, 2.24) is 30.7 Å². The number of hydrogen-bond donors (Lipinski definition) is 5. The van der Waals surface area contributed by atoms with Crippen molar-refractivity contribution in [3.05, 3.63) is 42.1 Å². The smallest absolute Gasteiger partial charge is 0.334 e. The predicted molar refractivity (Wildman–Crippen MR) is 130 cm³/mol. The van der Waals surface area contributed by atoms with Crippen molar-refractivity contribution in [1.29, 1.82) is 0 Å². The van der Waals surface area contributed by atoms with E-state index in [4.69, 9.17) is 5.73 Å². The summed E-state index contributed by atoms with van der Waals surface area (Å²) >= 11 is 0. The topological polar surface area (TPSA) is 156 Å². The van der Waals surface area contributed by atoms with Crippen LogP contribution in [0.5, 0.6) is 0 Å². The Labute approximate surface area is 211 Å². The lowest BCUT2D eigenvalue weighted by atomic mass is 9.46. The number of nitrogen functional groups attached to an aromatic ring is 1. The third kappa shape index (κ3) is 3.53. The Balaban J connectivity index is 1.06. The first-order valence-electron chi connectivity index (χ1n) is 12.8. The van der Waals surface area contributed by atoms with Crippen molar-refractivity contribution in [2.24, 2.45) is 23.2 Å². The Bertz CT molecular complexity index is 1340. The summed E-state index contributed by atoms with van der Waals surface area (Å²) < 4.78 is 21.5. The highest BCUT2D eigenvalue weighted by Gasteiger charge is 2.58. The van der Waals surface area contributed by atoms with E-state index in [-0.39, 0.29) is 35.0 Å². The Morgan fingerprint density at radius 2 is 2.08 bits per heavy atom. The number of aliphatic hydroxyl groups excluding tert-OH is 1. The van der Waals surface area contributed by atoms with E-state index in [0.717, 1.165) is 43.4 Å². The van der Waals surface area contributed by atoms with Crippen LogP contribution in [0, 0.1) is 29.0 Å². The molecule has 0 spiro atoms. The van der Waals surface area contributed by atoms with E-state index in [2.05, 4.69) is 36.1 Å². The predicted octanol–water partition coefficient (Wildman–Crippen LogP) is 2.83. The van der Waals surface area contributed by atoms with Crippen molar-refractivity contribution >= 4 is 17.7 Å². The molecule has 3 heterocycles. The Kier molecular flexibility index (Phi) is 5.05. The minimum Gasteiger partial charge on any atom is -0.392 e. The zero-order valence-electron chi connectivity index (χ0n) is 20.1. The van der Waals surface area contributed by atoms with E-state index < -0.39 is 12.1 Å². The lowest BCUT2D eigenvalue weighted by Gasteiger charge is -2.61. The molecule has 4 bridgehead atoms. The Hall–Kier alpha value is -3.51. The molecule has 2 amide bonds. The summed E-state index contributed by atoms with van der Waals surface area (Å²) in [7, 11) is 0. The van der Waals surface area contributed by atoms with Crippen LogP contribution in [0.1, 0.15) is 50.1 Å². The number of hydrazine groups is 1. The quantitative estimate of drug-likeness (QED) is 0.318. The zero-order valence-corrected chi connectivity index (χ0v) is 20.1. The third-order valence-corrected chi connectivity index (χ3v) is 9.24. The first-order chi connectivity index (χ1) is 17.9. The van der Waals surface area contributed by atoms with Gasteiger partial charge >= 0.3 is 6.03 Å². The van der Waals surface area contributed by atoms with Gasteiger partial charge in [0.25, 0.3) is 0 Å². The summed E-state index contributed by atoms with van der Waals surface area (Å²) in [6, 6.07) is 4.49. The minimum absolute atomic E-state index is 0.00767. The van der Waals surface area contributed by atoms with Gasteiger partial charge in [0, 0.05) is 17.2 Å². The maximum atomic E-state index is 15.0. The monoisotopic (exact) mass is 508 g/mol. The van der Waals surface area contributed by atoms with Crippen LogP contribution >= 0.6 is 0 Å². The SMILES string of the molecule is Nc1nonc1NC(=O)NNC1C2CC3CC1CC(C(O)CC1c4c(F)cccc4-c4cncn41)(C3)C2. The molecule has 8 rings (SSSR count). The van der Waals surface area contributed by atoms with Gasteiger partial charge in [0.1, 0.15) is 5.82 Å². The van der Waals surface area contributed by atoms with Gasteiger partial charge in [0.15, 0.2) is 0 Å². The van der Waals surface area contributed by atoms with Crippen LogP contribution in [0.4, 0.5) is 20.8 Å². The van der Waals surface area contributed by atoms with E-state index in [1.165, 1.54) is 6.07 Å². The first kappa shape index (κ1) is 22.7. The molecule has 4 aliphatic carbocycles. The fourth-order valence-electron chi connectivity index (χ4n) is 7.99. The summed E-state index contributed by atoms with van der Waals surface area (Å²) in [6.45, 7) is 0. The zero-order chi connectivity index (χ0) is 25.3. The number of nitrogens with one attached hydrogen (secondary N) is 3. The number of nitrogens with two attached hydrogens (primary N) is 1. The van der Waals surface area contributed by atoms with Gasteiger partial charge in [-0.25, -0.2) is 24.2 Å². The van der Waals surface area contributed by atoms with Gasteiger partial charge < -0.3 is 15.4 Å². The van der Waals surface area contributed by atoms with Crippen LogP contribution in [-0.2, 0) is 0 Å². The maximum Gasteiger partial charge on any atom is 0.334 e. The van der Waals surface area contributed by atoms with E-state index >= 15 is 0 Å². The van der Waals surface area contributed by atoms with Gasteiger partial charge in [0.05, 0.1) is 30.4 Å². The van der Waals surface area contributed by atoms with E-state index in [1.54, 1.807) is 18.6 Å². The molecular weight excluding hydrogens is 479 g/mol. The number of fused-ring (bicyclic) bond motifs is 3. The van der Waals surface area contributed by atoms with Crippen LogP contribution in [0.15, 0.2) is 35.4 Å². The standard InChI is InChI=1S/C25H29FN8O3/c26-16-3-1-2-15-18-10-28-11-34(18)17(20(15)16)6-19(35)25-7-12-4-13(8-25)21(14(5-12)9-25)30-31-24(36)29-23-22(27)32-37-33-23/h1-3,10-14,17,19,21,30,35H,4-9H2,(H2,27,32)(H2,29,31,33,36). The molecule has 194 valence electrons. The van der Waals surface area contributed by atoms with E-state index in [1.807, 2.05) is 10.6 Å². The molecule has 4 unspecified atom stereocenters. The fraction of sp³-hybridized carbons (Fsp3) is 0.520. The van der Waals surface area contributed by atoms with Crippen molar-refractivity contribution in [2.45, 2.75) is 56.7 Å². The van der Waals surface area contributed by atoms with Gasteiger partial charge in [-0.2, -0.15) is 0 Å². The number of aliphatic hydroxyl groups is 1. The van der Waals surface area contributed by atoms with Gasteiger partial charge in [-0.05, 0) is 78.1 Å². The van der Waals surface area contributed by atoms with Crippen LogP contribution in [0.3, 0.4) is 0 Å². The average molecular weight is 509 g/mol. The number of hydrogen-bond acceptors (Lipinski definition) is 8. The number of amides is 2. The van der Waals surface area contributed by atoms with Crippen molar-refractivity contribution < 1.29 is 18.9 Å². The number of nitrogens with zero attached hydrogens (tertiary/aromatic N) is 4. The van der Waals surface area contributed by atoms with Crippen LogP contribution in [-0.4, -0.2) is 43.1 Å². The number of urea groups is 1.